The molecule has 1 aromatic heterocycles. The Bertz CT molecular complexity index is 607. The average molecular weight is 273 g/mol. The SMILES string of the molecule is CCNC(C)(C)c1nc(C2COc3ccccc32)no1. The Morgan fingerprint density at radius 1 is 1.35 bits per heavy atom. The van der Waals surface area contributed by atoms with E-state index in [1.807, 2.05) is 32.0 Å². The molecule has 3 rings (SSSR count). The Labute approximate surface area is 118 Å². The molecule has 1 aliphatic heterocycles. The maximum absolute atomic E-state index is 5.67. The normalized spacial score (nSPS) is 17.9. The Kier molecular flexibility index (Phi) is 3.22. The highest BCUT2D eigenvalue weighted by Gasteiger charge is 2.32. The van der Waals surface area contributed by atoms with Crippen LogP contribution in [0.15, 0.2) is 28.8 Å². The molecule has 1 unspecified atom stereocenters. The van der Waals surface area contributed by atoms with Gasteiger partial charge < -0.3 is 14.6 Å². The van der Waals surface area contributed by atoms with Gasteiger partial charge >= 0.3 is 0 Å². The van der Waals surface area contributed by atoms with Gasteiger partial charge in [-0.05, 0) is 26.5 Å². The summed E-state index contributed by atoms with van der Waals surface area (Å²) in [6.07, 6.45) is 0. The molecule has 1 N–H and O–H groups in total. The molecule has 0 saturated carbocycles. The van der Waals surface area contributed by atoms with Crippen LogP contribution in [0.5, 0.6) is 5.75 Å². The molecule has 0 saturated heterocycles. The van der Waals surface area contributed by atoms with E-state index >= 15 is 0 Å². The lowest BCUT2D eigenvalue weighted by Gasteiger charge is -2.20. The van der Waals surface area contributed by atoms with Crippen LogP contribution >= 0.6 is 0 Å². The van der Waals surface area contributed by atoms with E-state index in [0.29, 0.717) is 18.3 Å². The molecule has 1 aliphatic rings. The lowest BCUT2D eigenvalue weighted by Crippen LogP contribution is -2.36. The van der Waals surface area contributed by atoms with Crippen LogP contribution in [0.1, 0.15) is 44.0 Å². The third kappa shape index (κ3) is 2.18. The van der Waals surface area contributed by atoms with Crippen LogP contribution in [-0.2, 0) is 5.54 Å². The van der Waals surface area contributed by atoms with Gasteiger partial charge in [0.25, 0.3) is 0 Å². The second-order valence-electron chi connectivity index (χ2n) is 5.51. The predicted octanol–water partition coefficient (Wildman–Crippen LogP) is 2.44. The minimum atomic E-state index is -0.320. The van der Waals surface area contributed by atoms with Crippen molar-refractivity contribution in [2.75, 3.05) is 13.2 Å². The van der Waals surface area contributed by atoms with Gasteiger partial charge in [0.1, 0.15) is 12.4 Å². The molecule has 2 heterocycles. The molecule has 0 spiro atoms. The van der Waals surface area contributed by atoms with Gasteiger partial charge in [0.05, 0.1) is 11.5 Å². The minimum Gasteiger partial charge on any atom is -0.492 e. The van der Waals surface area contributed by atoms with Crippen LogP contribution in [-0.4, -0.2) is 23.3 Å². The van der Waals surface area contributed by atoms with E-state index in [-0.39, 0.29) is 11.5 Å². The fourth-order valence-electron chi connectivity index (χ4n) is 2.52. The number of hydrogen-bond acceptors (Lipinski definition) is 5. The monoisotopic (exact) mass is 273 g/mol. The maximum Gasteiger partial charge on any atom is 0.246 e. The highest BCUT2D eigenvalue weighted by atomic mass is 16.5. The molecule has 0 radical (unpaired) electrons. The number of benzene rings is 1. The van der Waals surface area contributed by atoms with E-state index in [1.165, 1.54) is 0 Å². The minimum absolute atomic E-state index is 0.0566. The molecule has 0 aliphatic carbocycles. The molecular weight excluding hydrogens is 254 g/mol. The van der Waals surface area contributed by atoms with Crippen molar-refractivity contribution >= 4 is 0 Å². The highest BCUT2D eigenvalue weighted by Crippen LogP contribution is 2.37. The quantitative estimate of drug-likeness (QED) is 0.927. The number of hydrogen-bond donors (Lipinski definition) is 1. The lowest BCUT2D eigenvalue weighted by atomic mass is 10.0. The molecular formula is C15H19N3O2. The van der Waals surface area contributed by atoms with Crippen LogP contribution in [0.2, 0.25) is 0 Å². The van der Waals surface area contributed by atoms with E-state index in [1.54, 1.807) is 0 Å². The van der Waals surface area contributed by atoms with Crippen molar-refractivity contribution in [1.29, 1.82) is 0 Å². The zero-order valence-electron chi connectivity index (χ0n) is 12.0. The van der Waals surface area contributed by atoms with E-state index < -0.39 is 0 Å². The third-order valence-electron chi connectivity index (χ3n) is 3.61. The van der Waals surface area contributed by atoms with Gasteiger partial charge in [-0.1, -0.05) is 30.3 Å². The first-order valence-corrected chi connectivity index (χ1v) is 6.92. The Balaban J connectivity index is 1.89. The van der Waals surface area contributed by atoms with Gasteiger partial charge in [0.15, 0.2) is 5.82 Å². The molecule has 0 fully saturated rings. The standard InChI is InChI=1S/C15H19N3O2/c1-4-16-15(2,3)14-17-13(18-20-14)11-9-19-12-8-6-5-7-10(11)12/h5-8,11,16H,4,9H2,1-3H3. The summed E-state index contributed by atoms with van der Waals surface area (Å²) in [6.45, 7) is 7.54. The Hall–Kier alpha value is -1.88. The molecule has 2 aromatic rings. The van der Waals surface area contributed by atoms with Crippen molar-refractivity contribution in [2.45, 2.75) is 32.2 Å². The Morgan fingerprint density at radius 2 is 2.15 bits per heavy atom. The number of para-hydroxylation sites is 1. The number of rotatable bonds is 4. The van der Waals surface area contributed by atoms with Crippen LogP contribution in [0.3, 0.4) is 0 Å². The fourth-order valence-corrected chi connectivity index (χ4v) is 2.52. The Morgan fingerprint density at radius 3 is 2.95 bits per heavy atom. The van der Waals surface area contributed by atoms with E-state index in [4.69, 9.17) is 9.26 Å². The second kappa shape index (κ2) is 4.90. The largest absolute Gasteiger partial charge is 0.492 e. The number of aromatic nitrogens is 2. The molecule has 1 atom stereocenters. The number of fused-ring (bicyclic) bond motifs is 1. The third-order valence-corrected chi connectivity index (χ3v) is 3.61. The van der Waals surface area contributed by atoms with Crippen LogP contribution in [0.4, 0.5) is 0 Å². The molecule has 5 heteroatoms. The lowest BCUT2D eigenvalue weighted by molar-refractivity contribution is 0.269. The van der Waals surface area contributed by atoms with Crippen molar-refractivity contribution in [1.82, 2.24) is 15.5 Å². The zero-order chi connectivity index (χ0) is 14.2. The summed E-state index contributed by atoms with van der Waals surface area (Å²) >= 11 is 0. The molecule has 0 amide bonds. The molecule has 5 nitrogen and oxygen atoms in total. The van der Waals surface area contributed by atoms with Crippen molar-refractivity contribution < 1.29 is 9.26 Å². The van der Waals surface area contributed by atoms with E-state index in [2.05, 4.69) is 28.4 Å². The fraction of sp³-hybridized carbons (Fsp3) is 0.467. The van der Waals surface area contributed by atoms with Crippen molar-refractivity contribution in [3.05, 3.63) is 41.5 Å². The van der Waals surface area contributed by atoms with E-state index in [0.717, 1.165) is 17.9 Å². The molecule has 1 aromatic carbocycles. The first kappa shape index (κ1) is 13.1. The van der Waals surface area contributed by atoms with E-state index in [9.17, 15) is 0 Å². The highest BCUT2D eigenvalue weighted by molar-refractivity contribution is 5.42. The summed E-state index contributed by atoms with van der Waals surface area (Å²) in [7, 11) is 0. The van der Waals surface area contributed by atoms with Crippen molar-refractivity contribution in [2.24, 2.45) is 0 Å². The van der Waals surface area contributed by atoms with Crippen LogP contribution in [0, 0.1) is 0 Å². The summed E-state index contributed by atoms with van der Waals surface area (Å²) in [5.41, 5.74) is 0.806. The van der Waals surface area contributed by atoms with Gasteiger partial charge in [-0.2, -0.15) is 4.98 Å². The number of nitrogens with one attached hydrogen (secondary N) is 1. The summed E-state index contributed by atoms with van der Waals surface area (Å²) in [4.78, 5) is 4.56. The average Bonchev–Trinajstić information content (AvgIpc) is 3.05. The smallest absolute Gasteiger partial charge is 0.246 e. The predicted molar refractivity (Wildman–Crippen MR) is 74.8 cm³/mol. The first-order valence-electron chi connectivity index (χ1n) is 6.92. The van der Waals surface area contributed by atoms with Gasteiger partial charge in [-0.3, -0.25) is 0 Å². The van der Waals surface area contributed by atoms with Gasteiger partial charge in [-0.25, -0.2) is 0 Å². The summed E-state index contributed by atoms with van der Waals surface area (Å²) in [6, 6.07) is 8.00. The zero-order valence-corrected chi connectivity index (χ0v) is 12.0. The summed E-state index contributed by atoms with van der Waals surface area (Å²) in [5.74, 6) is 2.27. The number of nitrogens with zero attached hydrogens (tertiary/aromatic N) is 2. The van der Waals surface area contributed by atoms with Crippen molar-refractivity contribution in [3.8, 4) is 5.75 Å². The van der Waals surface area contributed by atoms with Gasteiger partial charge in [-0.15, -0.1) is 0 Å². The van der Waals surface area contributed by atoms with Gasteiger partial charge in [0, 0.05) is 5.56 Å². The van der Waals surface area contributed by atoms with Crippen molar-refractivity contribution in [3.63, 3.8) is 0 Å². The molecule has 20 heavy (non-hydrogen) atoms. The molecule has 106 valence electrons. The first-order chi connectivity index (χ1) is 9.62. The van der Waals surface area contributed by atoms with Crippen LogP contribution in [0.25, 0.3) is 0 Å². The van der Waals surface area contributed by atoms with Crippen LogP contribution < -0.4 is 10.1 Å². The second-order valence-corrected chi connectivity index (χ2v) is 5.51. The maximum atomic E-state index is 5.67. The molecule has 0 bridgehead atoms. The summed E-state index contributed by atoms with van der Waals surface area (Å²) < 4.78 is 11.1. The topological polar surface area (TPSA) is 60.2 Å². The summed E-state index contributed by atoms with van der Waals surface area (Å²) in [5, 5.41) is 7.47. The number of ether oxygens (including phenoxy) is 1. The van der Waals surface area contributed by atoms with Gasteiger partial charge in [0.2, 0.25) is 5.89 Å².